The van der Waals surface area contributed by atoms with Crippen LogP contribution >= 0.6 is 0 Å². The number of fused-ring (bicyclic) bond motifs is 1. The minimum atomic E-state index is -0.481. The van der Waals surface area contributed by atoms with Gasteiger partial charge in [0.15, 0.2) is 17.0 Å². The largest absolute Gasteiger partial charge is 0.497 e. The Kier molecular flexibility index (Phi) is 7.97. The molecule has 0 bridgehead atoms. The molecule has 39 heavy (non-hydrogen) atoms. The maximum absolute atomic E-state index is 10.7. The van der Waals surface area contributed by atoms with Crippen molar-refractivity contribution >= 4 is 17.0 Å². The van der Waals surface area contributed by atoms with Gasteiger partial charge >= 0.3 is 0 Å². The Morgan fingerprint density at radius 1 is 0.846 bits per heavy atom. The summed E-state index contributed by atoms with van der Waals surface area (Å²) in [5, 5.41) is 19.6. The van der Waals surface area contributed by atoms with Gasteiger partial charge in [-0.1, -0.05) is 18.1 Å². The van der Waals surface area contributed by atoms with E-state index in [0.29, 0.717) is 53.1 Å². The van der Waals surface area contributed by atoms with Gasteiger partial charge in [-0.25, -0.2) is 14.6 Å². The van der Waals surface area contributed by atoms with Gasteiger partial charge in [-0.3, -0.25) is 0 Å². The van der Waals surface area contributed by atoms with Crippen molar-refractivity contribution in [2.75, 3.05) is 33.3 Å². The van der Waals surface area contributed by atoms with Crippen LogP contribution in [0.15, 0.2) is 42.7 Å². The van der Waals surface area contributed by atoms with Crippen LogP contribution in [0, 0.1) is 0 Å². The summed E-state index contributed by atoms with van der Waals surface area (Å²) in [6, 6.07) is 11.3. The second-order valence-corrected chi connectivity index (χ2v) is 9.53. The molecule has 0 amide bonds. The Balaban J connectivity index is 1.59. The molecule has 11 nitrogen and oxygen atoms in total. The standard InChI is InChI=1S/C28H34N6O5/c1-36-20-11-9-18(24(13-20)38-3)15-33(16-19-10-12-21(37-2)14-25(19)39-4)27-26-28(30-17-29-27)34(32-31-26)22-7-5-6-8-23(22)35/h9-14,17,22-23,35H,5-8,15-16H2,1-4H3/t22-,23-/m0/s1. The number of ether oxygens (including phenoxy) is 4. The average molecular weight is 535 g/mol. The van der Waals surface area contributed by atoms with Crippen LogP contribution in [0.25, 0.3) is 11.2 Å². The fraction of sp³-hybridized carbons (Fsp3) is 0.429. The number of hydrogen-bond acceptors (Lipinski definition) is 10. The van der Waals surface area contributed by atoms with E-state index in [4.69, 9.17) is 18.9 Å². The van der Waals surface area contributed by atoms with E-state index in [1.54, 1.807) is 33.1 Å². The molecule has 1 N–H and O–H groups in total. The lowest BCUT2D eigenvalue weighted by atomic mass is 9.93. The summed E-state index contributed by atoms with van der Waals surface area (Å²) >= 11 is 0. The number of benzene rings is 2. The Morgan fingerprint density at radius 2 is 1.46 bits per heavy atom. The van der Waals surface area contributed by atoms with Crippen molar-refractivity contribution in [1.82, 2.24) is 25.0 Å². The molecule has 0 aliphatic heterocycles. The molecule has 2 atom stereocenters. The van der Waals surface area contributed by atoms with E-state index in [0.717, 1.165) is 36.8 Å². The normalized spacial score (nSPS) is 17.2. The van der Waals surface area contributed by atoms with Gasteiger partial charge in [0.25, 0.3) is 0 Å². The summed E-state index contributed by atoms with van der Waals surface area (Å²) in [6.45, 7) is 0.904. The summed E-state index contributed by atoms with van der Waals surface area (Å²) in [7, 11) is 6.53. The number of rotatable bonds is 10. The first-order valence-corrected chi connectivity index (χ1v) is 13.0. The lowest BCUT2D eigenvalue weighted by molar-refractivity contribution is 0.0703. The van der Waals surface area contributed by atoms with E-state index >= 15 is 0 Å². The molecule has 1 fully saturated rings. The van der Waals surface area contributed by atoms with Crippen LogP contribution in [0.3, 0.4) is 0 Å². The average Bonchev–Trinajstić information content (AvgIpc) is 3.41. The smallest absolute Gasteiger partial charge is 0.184 e. The predicted molar refractivity (Wildman–Crippen MR) is 146 cm³/mol. The highest BCUT2D eigenvalue weighted by atomic mass is 16.5. The summed E-state index contributed by atoms with van der Waals surface area (Å²) in [6.07, 6.45) is 4.65. The number of anilines is 1. The fourth-order valence-electron chi connectivity index (χ4n) is 5.17. The van der Waals surface area contributed by atoms with Crippen LogP contribution < -0.4 is 23.8 Å². The minimum Gasteiger partial charge on any atom is -0.497 e. The van der Waals surface area contributed by atoms with E-state index in [2.05, 4.69) is 25.2 Å². The lowest BCUT2D eigenvalue weighted by Gasteiger charge is -2.28. The zero-order valence-corrected chi connectivity index (χ0v) is 22.7. The Morgan fingerprint density at radius 3 is 2.03 bits per heavy atom. The van der Waals surface area contributed by atoms with Gasteiger partial charge in [-0.15, -0.1) is 5.10 Å². The molecular formula is C28H34N6O5. The van der Waals surface area contributed by atoms with Gasteiger partial charge in [0, 0.05) is 36.3 Å². The zero-order chi connectivity index (χ0) is 27.4. The maximum atomic E-state index is 10.7. The molecule has 0 radical (unpaired) electrons. The number of aliphatic hydroxyl groups excluding tert-OH is 1. The number of aliphatic hydroxyl groups is 1. The quantitative estimate of drug-likeness (QED) is 0.321. The van der Waals surface area contributed by atoms with Crippen molar-refractivity contribution in [3.05, 3.63) is 53.9 Å². The summed E-state index contributed by atoms with van der Waals surface area (Å²) in [5.74, 6) is 3.42. The van der Waals surface area contributed by atoms with Crippen molar-refractivity contribution < 1.29 is 24.1 Å². The van der Waals surface area contributed by atoms with Gasteiger partial charge in [-0.05, 0) is 37.1 Å². The number of hydrogen-bond donors (Lipinski definition) is 1. The fourth-order valence-corrected chi connectivity index (χ4v) is 5.17. The molecule has 2 aromatic carbocycles. The highest BCUT2D eigenvalue weighted by Crippen LogP contribution is 2.34. The first kappa shape index (κ1) is 26.5. The molecule has 1 aliphatic rings. The van der Waals surface area contributed by atoms with Crippen LogP contribution in [0.4, 0.5) is 5.82 Å². The summed E-state index contributed by atoms with van der Waals surface area (Å²) < 4.78 is 23.9. The van der Waals surface area contributed by atoms with E-state index in [1.165, 1.54) is 6.33 Å². The molecule has 2 heterocycles. The molecular weight excluding hydrogens is 500 g/mol. The van der Waals surface area contributed by atoms with Crippen molar-refractivity contribution in [1.29, 1.82) is 0 Å². The molecule has 0 saturated heterocycles. The maximum Gasteiger partial charge on any atom is 0.184 e. The monoisotopic (exact) mass is 534 g/mol. The van der Waals surface area contributed by atoms with Gasteiger partial charge in [0.05, 0.1) is 40.6 Å². The Hall–Kier alpha value is -4.12. The third kappa shape index (κ3) is 5.40. The van der Waals surface area contributed by atoms with Gasteiger partial charge in [0.2, 0.25) is 0 Å². The van der Waals surface area contributed by atoms with Crippen molar-refractivity contribution in [2.45, 2.75) is 50.9 Å². The Labute approximate surface area is 227 Å². The van der Waals surface area contributed by atoms with Gasteiger partial charge in [-0.2, -0.15) is 0 Å². The minimum absolute atomic E-state index is 0.164. The topological polar surface area (TPSA) is 117 Å². The number of aromatic nitrogens is 5. The first-order valence-electron chi connectivity index (χ1n) is 13.0. The third-order valence-electron chi connectivity index (χ3n) is 7.26. The van der Waals surface area contributed by atoms with Crippen LogP contribution in [0.5, 0.6) is 23.0 Å². The van der Waals surface area contributed by atoms with Crippen molar-refractivity contribution in [3.8, 4) is 23.0 Å². The van der Waals surface area contributed by atoms with Crippen LogP contribution in [-0.2, 0) is 13.1 Å². The molecule has 5 rings (SSSR count). The molecule has 1 aliphatic carbocycles. The number of methoxy groups -OCH3 is 4. The Bertz CT molecular complexity index is 1370. The van der Waals surface area contributed by atoms with Crippen LogP contribution in [-0.4, -0.2) is 64.6 Å². The molecule has 0 spiro atoms. The molecule has 0 unspecified atom stereocenters. The molecule has 4 aromatic rings. The van der Waals surface area contributed by atoms with Crippen LogP contribution in [0.2, 0.25) is 0 Å². The third-order valence-corrected chi connectivity index (χ3v) is 7.26. The molecule has 2 aromatic heterocycles. The predicted octanol–water partition coefficient (Wildman–Crippen LogP) is 3.94. The van der Waals surface area contributed by atoms with Crippen molar-refractivity contribution in [2.24, 2.45) is 0 Å². The lowest BCUT2D eigenvalue weighted by Crippen LogP contribution is -2.28. The number of nitrogens with zero attached hydrogens (tertiary/aromatic N) is 6. The van der Waals surface area contributed by atoms with Crippen molar-refractivity contribution in [3.63, 3.8) is 0 Å². The first-order chi connectivity index (χ1) is 19.1. The van der Waals surface area contributed by atoms with E-state index in [1.807, 2.05) is 36.4 Å². The zero-order valence-electron chi connectivity index (χ0n) is 22.7. The molecule has 11 heteroatoms. The second-order valence-electron chi connectivity index (χ2n) is 9.53. The van der Waals surface area contributed by atoms with E-state index < -0.39 is 6.10 Å². The summed E-state index contributed by atoms with van der Waals surface area (Å²) in [4.78, 5) is 11.3. The van der Waals surface area contributed by atoms with Gasteiger partial charge < -0.3 is 29.0 Å². The summed E-state index contributed by atoms with van der Waals surface area (Å²) in [5.41, 5.74) is 3.04. The van der Waals surface area contributed by atoms with Crippen LogP contribution in [0.1, 0.15) is 42.9 Å². The van der Waals surface area contributed by atoms with E-state index in [9.17, 15) is 5.11 Å². The second kappa shape index (κ2) is 11.7. The highest BCUT2D eigenvalue weighted by molar-refractivity contribution is 5.82. The van der Waals surface area contributed by atoms with Gasteiger partial charge in [0.1, 0.15) is 29.3 Å². The molecule has 1 saturated carbocycles. The highest BCUT2D eigenvalue weighted by Gasteiger charge is 2.29. The SMILES string of the molecule is COc1ccc(CN(Cc2ccc(OC)cc2OC)c2ncnc3c2nnn3[C@H]2CCCC[C@@H]2O)c(OC)c1. The van der Waals surface area contributed by atoms with E-state index in [-0.39, 0.29) is 6.04 Å². The molecule has 206 valence electrons.